The van der Waals surface area contributed by atoms with E-state index < -0.39 is 5.91 Å². The van der Waals surface area contributed by atoms with E-state index in [1.165, 1.54) is 16.8 Å². The maximum absolute atomic E-state index is 13.0. The number of rotatable bonds is 4. The fraction of sp³-hybridized carbons (Fsp3) is 0.250. The molecule has 0 unspecified atom stereocenters. The molecule has 2 aromatic carbocycles. The number of nitrogens with zero attached hydrogens (tertiary/aromatic N) is 5. The van der Waals surface area contributed by atoms with Gasteiger partial charge in [0.15, 0.2) is 5.84 Å². The van der Waals surface area contributed by atoms with Gasteiger partial charge in [0.1, 0.15) is 5.04 Å². The lowest BCUT2D eigenvalue weighted by molar-refractivity contribution is -0.128. The number of hydrazone groups is 1. The predicted octanol–water partition coefficient (Wildman–Crippen LogP) is 4.88. The second kappa shape index (κ2) is 9.15. The Kier molecular flexibility index (Phi) is 5.79. The fourth-order valence-electron chi connectivity index (χ4n) is 5.17. The molecule has 6 rings (SSSR count). The quantitative estimate of drug-likeness (QED) is 0.506. The molecule has 0 radical (unpaired) electrons. The Morgan fingerprint density at radius 3 is 2.68 bits per heavy atom. The third-order valence-corrected chi connectivity index (χ3v) is 7.94. The number of amides is 2. The van der Waals surface area contributed by atoms with Crippen LogP contribution < -0.4 is 0 Å². The van der Waals surface area contributed by atoms with Crippen LogP contribution in [0, 0.1) is 19.3 Å². The third kappa shape index (κ3) is 4.09. The number of amidine groups is 2. The van der Waals surface area contributed by atoms with Gasteiger partial charge in [0, 0.05) is 29.9 Å². The zero-order chi connectivity index (χ0) is 25.7. The Hall–Kier alpha value is -3.98. The van der Waals surface area contributed by atoms with E-state index in [0.717, 1.165) is 59.3 Å². The molecule has 4 heterocycles. The summed E-state index contributed by atoms with van der Waals surface area (Å²) in [5.74, 6) is -0.471. The summed E-state index contributed by atoms with van der Waals surface area (Å²) < 4.78 is 2.17. The predicted molar refractivity (Wildman–Crippen MR) is 148 cm³/mol. The van der Waals surface area contributed by atoms with Crippen LogP contribution >= 0.6 is 11.8 Å². The van der Waals surface area contributed by atoms with Gasteiger partial charge in [0.05, 0.1) is 17.7 Å². The molecule has 0 spiro atoms. The van der Waals surface area contributed by atoms with E-state index in [0.29, 0.717) is 10.2 Å². The van der Waals surface area contributed by atoms with Crippen molar-refractivity contribution in [3.63, 3.8) is 0 Å². The number of aliphatic imine (C=N–C) groups is 1. The number of aromatic nitrogens is 1. The van der Waals surface area contributed by atoms with E-state index in [1.54, 1.807) is 6.08 Å². The highest BCUT2D eigenvalue weighted by Gasteiger charge is 2.36. The highest BCUT2D eigenvalue weighted by Crippen LogP contribution is 2.32. The minimum absolute atomic E-state index is 0.0266. The van der Waals surface area contributed by atoms with Crippen molar-refractivity contribution in [2.75, 3.05) is 13.1 Å². The van der Waals surface area contributed by atoms with E-state index in [-0.39, 0.29) is 23.7 Å². The largest absolute Gasteiger partial charge is 0.342 e. The number of nitrogens with one attached hydrogen (secondary N) is 1. The second-order valence-corrected chi connectivity index (χ2v) is 10.5. The van der Waals surface area contributed by atoms with Gasteiger partial charge in [0.2, 0.25) is 11.1 Å². The van der Waals surface area contributed by atoms with Crippen LogP contribution in [0.3, 0.4) is 0 Å². The van der Waals surface area contributed by atoms with Crippen LogP contribution in [-0.4, -0.2) is 55.4 Å². The van der Waals surface area contributed by atoms with E-state index >= 15 is 0 Å². The van der Waals surface area contributed by atoms with Crippen LogP contribution in [0.15, 0.2) is 64.2 Å². The van der Waals surface area contributed by atoms with Gasteiger partial charge < -0.3 is 9.47 Å². The monoisotopic (exact) mass is 510 g/mol. The summed E-state index contributed by atoms with van der Waals surface area (Å²) in [7, 11) is 0. The van der Waals surface area contributed by atoms with Gasteiger partial charge in [-0.3, -0.25) is 15.0 Å². The lowest BCUT2D eigenvalue weighted by Crippen LogP contribution is -2.35. The summed E-state index contributed by atoms with van der Waals surface area (Å²) in [5.41, 5.74) is 4.08. The number of likely N-dealkylation sites (tertiary alicyclic amines) is 1. The smallest absolute Gasteiger partial charge is 0.283 e. The molecule has 2 amide bonds. The molecule has 0 aliphatic carbocycles. The van der Waals surface area contributed by atoms with Crippen LogP contribution in [0.1, 0.15) is 36.2 Å². The van der Waals surface area contributed by atoms with E-state index in [4.69, 9.17) is 5.41 Å². The molecule has 1 fully saturated rings. The van der Waals surface area contributed by atoms with Gasteiger partial charge in [-0.15, -0.1) is 0 Å². The van der Waals surface area contributed by atoms with E-state index in [2.05, 4.69) is 38.9 Å². The number of hydrogen-bond donors (Lipinski definition) is 1. The van der Waals surface area contributed by atoms with Crippen LogP contribution in [-0.2, 0) is 9.59 Å². The number of hydrogen-bond acceptors (Lipinski definition) is 5. The van der Waals surface area contributed by atoms with Gasteiger partial charge in [-0.1, -0.05) is 36.4 Å². The summed E-state index contributed by atoms with van der Waals surface area (Å²) in [5, 5.41) is 17.8. The lowest BCUT2D eigenvalue weighted by Gasteiger charge is -2.20. The summed E-state index contributed by atoms with van der Waals surface area (Å²) in [6, 6.07) is 16.5. The molecule has 3 aromatic rings. The summed E-state index contributed by atoms with van der Waals surface area (Å²) in [6.45, 7) is 5.60. The normalized spacial score (nSPS) is 18.6. The summed E-state index contributed by atoms with van der Waals surface area (Å²) >= 11 is 1.19. The van der Waals surface area contributed by atoms with Crippen LogP contribution in [0.5, 0.6) is 0 Å². The number of thioether (sulfide) groups is 1. The van der Waals surface area contributed by atoms with Crippen LogP contribution in [0.4, 0.5) is 0 Å². The van der Waals surface area contributed by atoms with Crippen molar-refractivity contribution >= 4 is 56.5 Å². The maximum Gasteiger partial charge on any atom is 0.283 e. The van der Waals surface area contributed by atoms with E-state index in [9.17, 15) is 9.59 Å². The van der Waals surface area contributed by atoms with Crippen LogP contribution in [0.25, 0.3) is 22.5 Å². The Bertz CT molecular complexity index is 1570. The lowest BCUT2D eigenvalue weighted by atomic mass is 10.1. The van der Waals surface area contributed by atoms with Gasteiger partial charge in [-0.05, 0) is 67.6 Å². The Balaban J connectivity index is 1.31. The first-order chi connectivity index (χ1) is 17.9. The molecule has 1 aromatic heterocycles. The van der Waals surface area contributed by atoms with Crippen molar-refractivity contribution in [3.05, 3.63) is 71.1 Å². The average Bonchev–Trinajstić information content (AvgIpc) is 3.62. The first-order valence-corrected chi connectivity index (χ1v) is 13.2. The average molecular weight is 511 g/mol. The topological polar surface area (TPSA) is 94.1 Å². The molecule has 1 saturated heterocycles. The van der Waals surface area contributed by atoms with Crippen molar-refractivity contribution in [1.29, 1.82) is 5.41 Å². The minimum atomic E-state index is -0.471. The van der Waals surface area contributed by atoms with Gasteiger partial charge in [0.25, 0.3) is 5.91 Å². The Morgan fingerprint density at radius 2 is 1.86 bits per heavy atom. The van der Waals surface area contributed by atoms with Gasteiger partial charge in [-0.25, -0.2) is 0 Å². The number of carbonyl (C=O) groups excluding carboxylic acids is 2. The molecule has 1 N–H and O–H groups in total. The van der Waals surface area contributed by atoms with Crippen molar-refractivity contribution in [2.45, 2.75) is 33.1 Å². The number of benzene rings is 2. The summed E-state index contributed by atoms with van der Waals surface area (Å²) in [4.78, 5) is 31.6. The molecule has 186 valence electrons. The molecular formula is C28H26N6O2S. The number of fused-ring (bicyclic) bond motifs is 2. The van der Waals surface area contributed by atoms with Crippen LogP contribution in [0.2, 0.25) is 0 Å². The Labute approximate surface area is 218 Å². The van der Waals surface area contributed by atoms with E-state index in [1.807, 2.05) is 43.0 Å². The Morgan fingerprint density at radius 1 is 1.11 bits per heavy atom. The molecular weight excluding hydrogens is 484 g/mol. The first kappa shape index (κ1) is 23.4. The SMILES string of the molecule is Cc1cc(/C=C2\C(=N)N3N=C(CC(=O)N4CCCC4)SC3=NC2=O)c(C)n1-c1cccc2ccccc12. The van der Waals surface area contributed by atoms with Gasteiger partial charge >= 0.3 is 0 Å². The fourth-order valence-corrected chi connectivity index (χ4v) is 6.05. The molecule has 3 aliphatic heterocycles. The zero-order valence-corrected chi connectivity index (χ0v) is 21.5. The van der Waals surface area contributed by atoms with Crippen molar-refractivity contribution in [3.8, 4) is 5.69 Å². The van der Waals surface area contributed by atoms with Gasteiger partial charge in [-0.2, -0.15) is 15.1 Å². The molecule has 0 atom stereocenters. The zero-order valence-electron chi connectivity index (χ0n) is 20.7. The third-order valence-electron chi connectivity index (χ3n) is 7.04. The number of aryl methyl sites for hydroxylation is 1. The highest BCUT2D eigenvalue weighted by atomic mass is 32.2. The molecule has 8 nitrogen and oxygen atoms in total. The minimum Gasteiger partial charge on any atom is -0.342 e. The maximum atomic E-state index is 13.0. The highest BCUT2D eigenvalue weighted by molar-refractivity contribution is 8.27. The van der Waals surface area contributed by atoms with Crippen molar-refractivity contribution < 1.29 is 9.59 Å². The van der Waals surface area contributed by atoms with Crippen molar-refractivity contribution in [2.24, 2.45) is 10.1 Å². The molecule has 0 bridgehead atoms. The summed E-state index contributed by atoms with van der Waals surface area (Å²) in [6.07, 6.45) is 3.94. The van der Waals surface area contributed by atoms with Crippen molar-refractivity contribution in [1.82, 2.24) is 14.5 Å². The standard InChI is InChI=1S/C28H26N6O2S/c1-17-14-20(18(2)33(17)23-11-7-9-19-8-3-4-10-21(19)23)15-22-26(29)34-28(30-27(22)36)37-24(31-34)16-25(35)32-12-5-6-13-32/h3-4,7-11,14-15,29H,5-6,12-13,16H2,1-2H3/b22-15+,29-26?. The molecule has 37 heavy (non-hydrogen) atoms. The molecule has 3 aliphatic rings. The first-order valence-electron chi connectivity index (χ1n) is 12.3. The molecule has 9 heteroatoms. The number of carbonyl (C=O) groups is 2. The second-order valence-electron chi connectivity index (χ2n) is 9.44. The molecule has 0 saturated carbocycles.